The first-order valence-corrected chi connectivity index (χ1v) is 16.6. The molecule has 6 N–H and O–H groups in total. The van der Waals surface area contributed by atoms with Gasteiger partial charge in [0.05, 0.1) is 0 Å². The average molecular weight is 649 g/mol. The highest BCUT2D eigenvalue weighted by Crippen LogP contribution is 2.31. The molecule has 0 atom stereocenters. The second-order valence-corrected chi connectivity index (χ2v) is 12.4. The van der Waals surface area contributed by atoms with Gasteiger partial charge in [-0.1, -0.05) is 97.1 Å². The van der Waals surface area contributed by atoms with Crippen LogP contribution in [-0.4, -0.2) is 30.1 Å². The van der Waals surface area contributed by atoms with E-state index < -0.39 is 0 Å². The van der Waals surface area contributed by atoms with E-state index in [1.54, 1.807) is 6.07 Å². The summed E-state index contributed by atoms with van der Waals surface area (Å²) in [6.45, 7) is 0. The zero-order valence-electron chi connectivity index (χ0n) is 26.9. The Hall–Kier alpha value is -6.92. The maximum Gasteiger partial charge on any atom is 0.158 e. The van der Waals surface area contributed by atoms with Gasteiger partial charge in [-0.3, -0.25) is 0 Å². The number of aromatic amines is 4. The number of hydrogen-bond donors (Lipinski definition) is 6. The number of benzene rings is 4. The van der Waals surface area contributed by atoms with Crippen LogP contribution in [0.5, 0.6) is 11.5 Å². The van der Waals surface area contributed by atoms with Crippen molar-refractivity contribution in [3.8, 4) is 11.5 Å². The van der Waals surface area contributed by atoms with E-state index in [0.29, 0.717) is 0 Å². The maximum absolute atomic E-state index is 10.6. The van der Waals surface area contributed by atoms with Crippen LogP contribution in [0.1, 0.15) is 45.0 Å². The molecule has 6 nitrogen and oxygen atoms in total. The van der Waals surface area contributed by atoms with Gasteiger partial charge < -0.3 is 30.1 Å². The van der Waals surface area contributed by atoms with Crippen molar-refractivity contribution < 1.29 is 10.2 Å². The lowest BCUT2D eigenvalue weighted by Gasteiger charge is -2.10. The summed E-state index contributed by atoms with van der Waals surface area (Å²) in [5.41, 5.74) is 11.7. The standard InChI is InChI=1S/C44H32N4O2/c49-39-25-16-30(26-40(39)50)44-37-23-21-35(47-37)42(28-12-6-2-7-13-28)33-19-17-31(45-33)41(27-10-4-1-5-11-27)32-18-20-34(46-32)43(29-14-8-3-9-15-29)36-22-24-38(44)48-36/h1-26,45-50H. The van der Waals surface area contributed by atoms with Crippen molar-refractivity contribution in [2.24, 2.45) is 0 Å². The molecule has 4 aromatic carbocycles. The molecule has 0 saturated carbocycles. The summed E-state index contributed by atoms with van der Waals surface area (Å²) >= 11 is 0. The number of rotatable bonds is 4. The number of nitrogens with one attached hydrogen (secondary N) is 4. The van der Waals surface area contributed by atoms with Gasteiger partial charge in [-0.05, 0) is 82.9 Å². The highest BCUT2D eigenvalue weighted by atomic mass is 16.3. The number of phenols is 2. The summed E-state index contributed by atoms with van der Waals surface area (Å²) in [6, 6.07) is 53.1. The minimum Gasteiger partial charge on any atom is -0.504 e. The predicted molar refractivity (Wildman–Crippen MR) is 197 cm³/mol. The molecule has 0 radical (unpaired) electrons. The first kappa shape index (κ1) is 29.2. The first-order valence-electron chi connectivity index (χ1n) is 16.6. The van der Waals surface area contributed by atoms with E-state index in [2.05, 4.69) is 141 Å². The van der Waals surface area contributed by atoms with Gasteiger partial charge in [-0.2, -0.15) is 0 Å². The molecule has 5 heterocycles. The van der Waals surface area contributed by atoms with Crippen LogP contribution in [0.4, 0.5) is 0 Å². The lowest BCUT2D eigenvalue weighted by atomic mass is 10.0. The Kier molecular flexibility index (Phi) is 6.99. The van der Waals surface area contributed by atoms with Crippen LogP contribution in [0, 0.1) is 0 Å². The number of H-pyrrole nitrogens is 4. The molecule has 1 aliphatic rings. The topological polar surface area (TPSA) is 104 Å². The Morgan fingerprint density at radius 1 is 0.280 bits per heavy atom. The summed E-state index contributed by atoms with van der Waals surface area (Å²) in [5.74, 6) is -0.352. The summed E-state index contributed by atoms with van der Waals surface area (Å²) in [7, 11) is 0. The van der Waals surface area contributed by atoms with E-state index in [1.807, 2.05) is 24.3 Å². The molecule has 1 aliphatic heterocycles. The van der Waals surface area contributed by atoms with E-state index in [1.165, 1.54) is 6.07 Å². The van der Waals surface area contributed by atoms with E-state index >= 15 is 0 Å². The van der Waals surface area contributed by atoms with Crippen molar-refractivity contribution in [2.45, 2.75) is 0 Å². The Balaban J connectivity index is 1.44. The lowest BCUT2D eigenvalue weighted by Crippen LogP contribution is -2.19. The number of aromatic nitrogens is 4. The summed E-state index contributed by atoms with van der Waals surface area (Å²) in [4.78, 5) is 15.1. The van der Waals surface area contributed by atoms with Gasteiger partial charge in [0.2, 0.25) is 0 Å². The molecule has 0 unspecified atom stereocenters. The molecule has 9 rings (SSSR count). The van der Waals surface area contributed by atoms with E-state index in [4.69, 9.17) is 0 Å². The van der Waals surface area contributed by atoms with Crippen LogP contribution in [0.2, 0.25) is 0 Å². The molecule has 4 aromatic heterocycles. The SMILES string of the molecule is Oc1ccc(C2=c3ccc([nH]3)=C(c3ccccc3)c3ccc([nH]3)C(c3ccccc3)=c3ccc([nH]3)=C(c3ccccc3)c3ccc2[nH]3)cc1O. The number of aromatic hydroxyl groups is 2. The third kappa shape index (κ3) is 5.07. The molecule has 0 amide bonds. The molecule has 0 saturated heterocycles. The number of phenolic OH excluding ortho intramolecular Hbond substituents is 2. The third-order valence-corrected chi connectivity index (χ3v) is 9.35. The normalized spacial score (nSPS) is 12.8. The molecule has 6 heteroatoms. The van der Waals surface area contributed by atoms with Gasteiger partial charge in [-0.25, -0.2) is 0 Å². The van der Waals surface area contributed by atoms with E-state index in [0.717, 1.165) is 88.7 Å². The fourth-order valence-corrected chi connectivity index (χ4v) is 7.06. The molecular weight excluding hydrogens is 617 g/mol. The molecule has 8 bridgehead atoms. The van der Waals surface area contributed by atoms with E-state index in [-0.39, 0.29) is 11.5 Å². The Morgan fingerprint density at radius 2 is 0.620 bits per heavy atom. The van der Waals surface area contributed by atoms with Gasteiger partial charge in [-0.15, -0.1) is 0 Å². The second-order valence-electron chi connectivity index (χ2n) is 12.4. The van der Waals surface area contributed by atoms with Gasteiger partial charge >= 0.3 is 0 Å². The van der Waals surface area contributed by atoms with Gasteiger partial charge in [0, 0.05) is 66.5 Å². The average Bonchev–Trinajstić information content (AvgIpc) is 3.99. The molecule has 50 heavy (non-hydrogen) atoms. The minimum atomic E-state index is -0.183. The second kappa shape index (κ2) is 12.0. The van der Waals surface area contributed by atoms with Crippen LogP contribution < -0.4 is 21.4 Å². The van der Waals surface area contributed by atoms with Crippen molar-refractivity contribution in [1.82, 2.24) is 19.9 Å². The fraction of sp³-hybridized carbons (Fsp3) is 0. The van der Waals surface area contributed by atoms with Crippen molar-refractivity contribution in [1.29, 1.82) is 0 Å². The minimum absolute atomic E-state index is 0.168. The molecule has 240 valence electrons. The fourth-order valence-electron chi connectivity index (χ4n) is 7.06. The Bertz CT molecular complexity index is 2760. The smallest absolute Gasteiger partial charge is 0.158 e. The van der Waals surface area contributed by atoms with Crippen molar-refractivity contribution in [3.05, 3.63) is 224 Å². The van der Waals surface area contributed by atoms with Crippen LogP contribution in [-0.2, 0) is 0 Å². The van der Waals surface area contributed by atoms with Crippen molar-refractivity contribution in [3.63, 3.8) is 0 Å². The number of hydrogen-bond acceptors (Lipinski definition) is 2. The van der Waals surface area contributed by atoms with Gasteiger partial charge in [0.1, 0.15) is 0 Å². The van der Waals surface area contributed by atoms with Crippen LogP contribution >= 0.6 is 0 Å². The van der Waals surface area contributed by atoms with Crippen LogP contribution in [0.15, 0.2) is 158 Å². The quantitative estimate of drug-likeness (QED) is 0.138. The summed E-state index contributed by atoms with van der Waals surface area (Å²) in [6.07, 6.45) is 0. The maximum atomic E-state index is 10.6. The Labute approximate surface area is 287 Å². The molecule has 0 fully saturated rings. The van der Waals surface area contributed by atoms with Crippen LogP contribution in [0.25, 0.3) is 22.3 Å². The van der Waals surface area contributed by atoms with Crippen molar-refractivity contribution >= 4 is 22.3 Å². The summed E-state index contributed by atoms with van der Waals surface area (Å²) in [5, 5.41) is 24.6. The third-order valence-electron chi connectivity index (χ3n) is 9.35. The largest absolute Gasteiger partial charge is 0.504 e. The monoisotopic (exact) mass is 648 g/mol. The number of fused-ring (bicyclic) bond motifs is 8. The van der Waals surface area contributed by atoms with Crippen molar-refractivity contribution in [2.75, 3.05) is 0 Å². The predicted octanol–water partition coefficient (Wildman–Crippen LogP) is 5.71. The first-order chi connectivity index (χ1) is 24.6. The molecule has 0 spiro atoms. The zero-order valence-corrected chi connectivity index (χ0v) is 26.9. The van der Waals surface area contributed by atoms with Crippen LogP contribution in [0.3, 0.4) is 0 Å². The van der Waals surface area contributed by atoms with E-state index in [9.17, 15) is 10.2 Å². The summed E-state index contributed by atoms with van der Waals surface area (Å²) < 4.78 is 0. The van der Waals surface area contributed by atoms with Gasteiger partial charge in [0.25, 0.3) is 0 Å². The molecule has 0 aliphatic carbocycles. The lowest BCUT2D eigenvalue weighted by molar-refractivity contribution is 0.403. The Morgan fingerprint density at radius 3 is 0.960 bits per heavy atom. The molecule has 8 aromatic rings. The molecular formula is C44H32N4O2. The zero-order chi connectivity index (χ0) is 33.6. The highest BCUT2D eigenvalue weighted by Gasteiger charge is 2.18. The highest BCUT2D eigenvalue weighted by molar-refractivity contribution is 5.85. The van der Waals surface area contributed by atoms with Gasteiger partial charge in [0.15, 0.2) is 11.5 Å².